The van der Waals surface area contributed by atoms with E-state index in [2.05, 4.69) is 15.5 Å². The van der Waals surface area contributed by atoms with Crippen LogP contribution in [0.15, 0.2) is 22.8 Å². The van der Waals surface area contributed by atoms with Crippen molar-refractivity contribution in [1.29, 1.82) is 0 Å². The molecule has 1 amide bonds. The van der Waals surface area contributed by atoms with Gasteiger partial charge in [0.15, 0.2) is 0 Å². The van der Waals surface area contributed by atoms with E-state index in [0.717, 1.165) is 6.07 Å². The first-order chi connectivity index (χ1) is 9.27. The molecule has 0 bridgehead atoms. The first kappa shape index (κ1) is 14.2. The van der Waals surface area contributed by atoms with Crippen LogP contribution >= 0.6 is 0 Å². The second-order valence-electron chi connectivity index (χ2n) is 4.41. The maximum absolute atomic E-state index is 12.5. The van der Waals surface area contributed by atoms with Gasteiger partial charge in [0, 0.05) is 5.69 Å². The number of H-pyrrole nitrogens is 1. The fourth-order valence-corrected chi connectivity index (χ4v) is 1.58. The summed E-state index contributed by atoms with van der Waals surface area (Å²) in [5.41, 5.74) is 1.54. The molecular weight excluding hydrogens is 275 g/mol. The third-order valence-corrected chi connectivity index (χ3v) is 2.40. The zero-order valence-corrected chi connectivity index (χ0v) is 10.7. The molecule has 1 aromatic heterocycles. The number of alkyl halides is 3. The smallest absolute Gasteiger partial charge is 0.431 e. The molecule has 0 fully saturated rings. The normalized spacial score (nSPS) is 17.6. The maximum Gasteiger partial charge on any atom is 0.431 e. The summed E-state index contributed by atoms with van der Waals surface area (Å²) in [6.07, 6.45) is -3.40. The molecule has 0 saturated heterocycles. The molecular formula is C12H12F3N3O2. The first-order valence-electron chi connectivity index (χ1n) is 5.80. The van der Waals surface area contributed by atoms with Crippen LogP contribution in [-0.4, -0.2) is 22.9 Å². The number of amides is 1. The van der Waals surface area contributed by atoms with Crippen LogP contribution in [0, 0.1) is 0 Å². The molecule has 5 nitrogen and oxygen atoms in total. The molecule has 20 heavy (non-hydrogen) atoms. The lowest BCUT2D eigenvalue weighted by Crippen LogP contribution is -2.16. The number of nitrogens with one attached hydrogen (secondary N) is 2. The lowest BCUT2D eigenvalue weighted by Gasteiger charge is -2.08. The molecule has 1 aromatic rings. The molecule has 1 aliphatic heterocycles. The minimum atomic E-state index is -4.46. The molecule has 108 valence electrons. The van der Waals surface area contributed by atoms with Gasteiger partial charge in [-0.15, -0.1) is 5.10 Å². The number of carbonyl (C=O) groups excluding carboxylic acids is 1. The number of aromatic amines is 1. The van der Waals surface area contributed by atoms with E-state index < -0.39 is 17.8 Å². The third kappa shape index (κ3) is 3.01. The van der Waals surface area contributed by atoms with Crippen molar-refractivity contribution in [1.82, 2.24) is 10.4 Å². The van der Waals surface area contributed by atoms with Crippen LogP contribution in [0.25, 0.3) is 6.08 Å². The Hall–Kier alpha value is -2.25. The van der Waals surface area contributed by atoms with Gasteiger partial charge in [0.1, 0.15) is 11.3 Å². The van der Waals surface area contributed by atoms with Gasteiger partial charge in [0.25, 0.3) is 5.91 Å². The quantitative estimate of drug-likeness (QED) is 0.819. The SMILES string of the molecule is CC(C)OC1=NNC(=O)C1=Cc1ccc(C(F)(F)F)[nH]1. The molecule has 0 aliphatic carbocycles. The minimum absolute atomic E-state index is 0.0631. The van der Waals surface area contributed by atoms with E-state index in [0.29, 0.717) is 0 Å². The highest BCUT2D eigenvalue weighted by Gasteiger charge is 2.32. The minimum Gasteiger partial charge on any atom is -0.473 e. The van der Waals surface area contributed by atoms with Gasteiger partial charge in [0.2, 0.25) is 5.90 Å². The van der Waals surface area contributed by atoms with Crippen molar-refractivity contribution in [3.63, 3.8) is 0 Å². The molecule has 0 atom stereocenters. The van der Waals surface area contributed by atoms with E-state index in [1.807, 2.05) is 0 Å². The van der Waals surface area contributed by atoms with Crippen LogP contribution in [0.5, 0.6) is 0 Å². The molecule has 0 unspecified atom stereocenters. The van der Waals surface area contributed by atoms with Gasteiger partial charge < -0.3 is 9.72 Å². The monoisotopic (exact) mass is 287 g/mol. The summed E-state index contributed by atoms with van der Waals surface area (Å²) in [5, 5.41) is 3.68. The van der Waals surface area contributed by atoms with E-state index in [-0.39, 0.29) is 23.3 Å². The average Bonchev–Trinajstić information content (AvgIpc) is 2.90. The molecule has 0 saturated carbocycles. The van der Waals surface area contributed by atoms with E-state index in [4.69, 9.17) is 4.74 Å². The Morgan fingerprint density at radius 1 is 1.35 bits per heavy atom. The number of rotatable bonds is 2. The molecule has 2 rings (SSSR count). The number of halogens is 3. The average molecular weight is 287 g/mol. The standard InChI is InChI=1S/C12H12F3N3O2/c1-6(2)20-11-8(10(19)17-18-11)5-7-3-4-9(16-7)12(13,14)15/h3-6,16H,1-2H3,(H,17,19). The summed E-state index contributed by atoms with van der Waals surface area (Å²) in [6.45, 7) is 3.50. The number of carbonyl (C=O) groups is 1. The summed E-state index contributed by atoms with van der Waals surface area (Å²) < 4.78 is 42.7. The number of ether oxygens (including phenoxy) is 1. The second-order valence-corrected chi connectivity index (χ2v) is 4.41. The van der Waals surface area contributed by atoms with Crippen molar-refractivity contribution >= 4 is 17.9 Å². The summed E-state index contributed by atoms with van der Waals surface area (Å²) >= 11 is 0. The van der Waals surface area contributed by atoms with Gasteiger partial charge in [-0.3, -0.25) is 4.79 Å². The van der Waals surface area contributed by atoms with E-state index in [1.165, 1.54) is 12.1 Å². The van der Waals surface area contributed by atoms with Crippen molar-refractivity contribution in [2.45, 2.75) is 26.1 Å². The van der Waals surface area contributed by atoms with Crippen molar-refractivity contribution in [3.8, 4) is 0 Å². The van der Waals surface area contributed by atoms with Crippen molar-refractivity contribution in [2.75, 3.05) is 0 Å². The Morgan fingerprint density at radius 3 is 2.60 bits per heavy atom. The maximum atomic E-state index is 12.5. The van der Waals surface area contributed by atoms with Gasteiger partial charge in [-0.05, 0) is 32.1 Å². The summed E-state index contributed by atoms with van der Waals surface area (Å²) in [7, 11) is 0. The molecule has 0 radical (unpaired) electrons. The highest BCUT2D eigenvalue weighted by Crippen LogP contribution is 2.28. The highest BCUT2D eigenvalue weighted by atomic mass is 19.4. The predicted octanol–water partition coefficient (Wildman–Crippen LogP) is 2.29. The van der Waals surface area contributed by atoms with E-state index >= 15 is 0 Å². The predicted molar refractivity (Wildman–Crippen MR) is 65.6 cm³/mol. The number of aromatic nitrogens is 1. The first-order valence-corrected chi connectivity index (χ1v) is 5.80. The Balaban J connectivity index is 2.27. The molecule has 0 aromatic carbocycles. The number of hydrogen-bond acceptors (Lipinski definition) is 3. The zero-order valence-electron chi connectivity index (χ0n) is 10.7. The summed E-state index contributed by atoms with van der Waals surface area (Å²) in [6, 6.07) is 2.13. The van der Waals surface area contributed by atoms with Gasteiger partial charge in [-0.25, -0.2) is 5.43 Å². The molecule has 2 N–H and O–H groups in total. The Morgan fingerprint density at radius 2 is 2.05 bits per heavy atom. The third-order valence-electron chi connectivity index (χ3n) is 2.40. The summed E-state index contributed by atoms with van der Waals surface area (Å²) in [4.78, 5) is 13.7. The van der Waals surface area contributed by atoms with Gasteiger partial charge in [0.05, 0.1) is 6.10 Å². The van der Waals surface area contributed by atoms with E-state index in [9.17, 15) is 18.0 Å². The molecule has 2 heterocycles. The van der Waals surface area contributed by atoms with Crippen molar-refractivity contribution < 1.29 is 22.7 Å². The van der Waals surface area contributed by atoms with Crippen molar-refractivity contribution in [3.05, 3.63) is 29.1 Å². The zero-order chi connectivity index (χ0) is 14.9. The molecule has 8 heteroatoms. The van der Waals surface area contributed by atoms with Gasteiger partial charge >= 0.3 is 6.18 Å². The van der Waals surface area contributed by atoms with E-state index in [1.54, 1.807) is 13.8 Å². The largest absolute Gasteiger partial charge is 0.473 e. The van der Waals surface area contributed by atoms with Crippen LogP contribution in [0.1, 0.15) is 25.2 Å². The number of nitrogens with zero attached hydrogens (tertiary/aromatic N) is 1. The number of hydrazone groups is 1. The van der Waals surface area contributed by atoms with Crippen LogP contribution in [0.2, 0.25) is 0 Å². The van der Waals surface area contributed by atoms with Gasteiger partial charge in [-0.2, -0.15) is 13.2 Å². The molecule has 0 spiro atoms. The number of hydrogen-bond donors (Lipinski definition) is 2. The second kappa shape index (κ2) is 5.03. The topological polar surface area (TPSA) is 66.5 Å². The highest BCUT2D eigenvalue weighted by molar-refractivity contribution is 6.24. The van der Waals surface area contributed by atoms with Crippen molar-refractivity contribution in [2.24, 2.45) is 5.10 Å². The summed E-state index contributed by atoms with van der Waals surface area (Å²) in [5.74, 6) is -0.461. The lowest BCUT2D eigenvalue weighted by molar-refractivity contribution is -0.140. The van der Waals surface area contributed by atoms with Crippen LogP contribution in [-0.2, 0) is 15.7 Å². The Bertz CT molecular complexity index is 585. The fourth-order valence-electron chi connectivity index (χ4n) is 1.58. The Kier molecular flexibility index (Phi) is 3.56. The van der Waals surface area contributed by atoms with Gasteiger partial charge in [-0.1, -0.05) is 0 Å². The van der Waals surface area contributed by atoms with Crippen LogP contribution < -0.4 is 5.43 Å². The lowest BCUT2D eigenvalue weighted by atomic mass is 10.2. The fraction of sp³-hybridized carbons (Fsp3) is 0.333. The Labute approximate surface area is 112 Å². The molecule has 1 aliphatic rings. The van der Waals surface area contributed by atoms with Crippen LogP contribution in [0.4, 0.5) is 13.2 Å². The van der Waals surface area contributed by atoms with Crippen LogP contribution in [0.3, 0.4) is 0 Å².